The second-order valence-corrected chi connectivity index (χ2v) is 6.56. The van der Waals surface area contributed by atoms with Crippen LogP contribution in [0.3, 0.4) is 0 Å². The van der Waals surface area contributed by atoms with Gasteiger partial charge in [-0.15, -0.1) is 0 Å². The van der Waals surface area contributed by atoms with Gasteiger partial charge in [-0.1, -0.05) is 6.07 Å². The zero-order valence-corrected chi connectivity index (χ0v) is 15.7. The van der Waals surface area contributed by atoms with Crippen LogP contribution in [0.5, 0.6) is 11.5 Å². The predicted molar refractivity (Wildman–Crippen MR) is 97.3 cm³/mol. The van der Waals surface area contributed by atoms with Crippen molar-refractivity contribution >= 4 is 11.9 Å². The van der Waals surface area contributed by atoms with Crippen LogP contribution in [-0.2, 0) is 11.2 Å². The molecule has 7 nitrogen and oxygen atoms in total. The summed E-state index contributed by atoms with van der Waals surface area (Å²) in [6.07, 6.45) is 2.82. The number of rotatable bonds is 6. The number of aryl methyl sites for hydroxylation is 1. The molecule has 1 aliphatic rings. The van der Waals surface area contributed by atoms with Gasteiger partial charge in [-0.3, -0.25) is 9.59 Å². The lowest BCUT2D eigenvalue weighted by Crippen LogP contribution is -2.31. The van der Waals surface area contributed by atoms with E-state index in [-0.39, 0.29) is 24.1 Å². The van der Waals surface area contributed by atoms with E-state index in [1.54, 1.807) is 26.0 Å². The number of furan rings is 1. The van der Waals surface area contributed by atoms with E-state index in [9.17, 15) is 9.59 Å². The van der Waals surface area contributed by atoms with Gasteiger partial charge in [-0.25, -0.2) is 0 Å². The molecule has 144 valence electrons. The average Bonchev–Trinajstić information content (AvgIpc) is 3.27. The highest BCUT2D eigenvalue weighted by molar-refractivity contribution is 5.97. The standard InChI is InChI=1S/C20H23NO6/c1-12-11-27-17(10-18(22)23)19(12)20(24)21-8-4-5-14(21)13-6-7-15(25-2)16(9-13)26-3/h6-7,9,11,14H,4-5,8,10H2,1-3H3,(H,22,23). The number of amides is 1. The summed E-state index contributed by atoms with van der Waals surface area (Å²) in [5.74, 6) is 0.209. The summed E-state index contributed by atoms with van der Waals surface area (Å²) >= 11 is 0. The molecule has 1 atom stereocenters. The van der Waals surface area contributed by atoms with Gasteiger partial charge < -0.3 is 23.9 Å². The van der Waals surface area contributed by atoms with Gasteiger partial charge in [-0.05, 0) is 37.5 Å². The summed E-state index contributed by atoms with van der Waals surface area (Å²) in [4.78, 5) is 26.1. The zero-order chi connectivity index (χ0) is 19.6. The molecule has 1 N–H and O–H groups in total. The molecule has 0 spiro atoms. The third kappa shape index (κ3) is 3.63. The van der Waals surface area contributed by atoms with Crippen molar-refractivity contribution in [1.82, 2.24) is 4.90 Å². The van der Waals surface area contributed by atoms with Crippen LogP contribution in [0.2, 0.25) is 0 Å². The van der Waals surface area contributed by atoms with Crippen LogP contribution in [0.1, 0.15) is 46.1 Å². The number of carboxylic acids is 1. The third-order valence-electron chi connectivity index (χ3n) is 4.88. The molecular formula is C20H23NO6. The van der Waals surface area contributed by atoms with Crippen LogP contribution in [-0.4, -0.2) is 42.6 Å². The lowest BCUT2D eigenvalue weighted by Gasteiger charge is -2.26. The minimum Gasteiger partial charge on any atom is -0.493 e. The van der Waals surface area contributed by atoms with Gasteiger partial charge in [-0.2, -0.15) is 0 Å². The smallest absolute Gasteiger partial charge is 0.311 e. The van der Waals surface area contributed by atoms with E-state index in [0.29, 0.717) is 29.2 Å². The SMILES string of the molecule is COc1ccc(C2CCCN2C(=O)c2c(C)coc2CC(=O)O)cc1OC. The van der Waals surface area contributed by atoms with Gasteiger partial charge in [0, 0.05) is 12.1 Å². The Morgan fingerprint density at radius 3 is 2.67 bits per heavy atom. The van der Waals surface area contributed by atoms with Crippen molar-refractivity contribution in [2.45, 2.75) is 32.2 Å². The van der Waals surface area contributed by atoms with E-state index < -0.39 is 5.97 Å². The normalized spacial score (nSPS) is 16.4. The van der Waals surface area contributed by atoms with Gasteiger partial charge in [0.25, 0.3) is 5.91 Å². The molecule has 7 heteroatoms. The van der Waals surface area contributed by atoms with Crippen LogP contribution in [0, 0.1) is 6.92 Å². The van der Waals surface area contributed by atoms with Crippen LogP contribution in [0.15, 0.2) is 28.9 Å². The number of hydrogen-bond acceptors (Lipinski definition) is 5. The van der Waals surface area contributed by atoms with Crippen molar-refractivity contribution < 1.29 is 28.6 Å². The largest absolute Gasteiger partial charge is 0.493 e. The first-order valence-electron chi connectivity index (χ1n) is 8.78. The summed E-state index contributed by atoms with van der Waals surface area (Å²) in [6.45, 7) is 2.36. The molecule has 2 heterocycles. The van der Waals surface area contributed by atoms with Gasteiger partial charge >= 0.3 is 5.97 Å². The highest BCUT2D eigenvalue weighted by Gasteiger charge is 2.34. The Bertz CT molecular complexity index is 856. The van der Waals surface area contributed by atoms with E-state index in [2.05, 4.69) is 0 Å². The molecule has 1 fully saturated rings. The molecule has 1 saturated heterocycles. The van der Waals surface area contributed by atoms with Crippen LogP contribution in [0.25, 0.3) is 0 Å². The maximum absolute atomic E-state index is 13.2. The van der Waals surface area contributed by atoms with Gasteiger partial charge in [0.15, 0.2) is 11.5 Å². The lowest BCUT2D eigenvalue weighted by atomic mass is 10.0. The first kappa shape index (κ1) is 18.8. The maximum Gasteiger partial charge on any atom is 0.311 e. The van der Waals surface area contributed by atoms with Crippen molar-refractivity contribution in [2.75, 3.05) is 20.8 Å². The second-order valence-electron chi connectivity index (χ2n) is 6.56. The molecule has 1 unspecified atom stereocenters. The molecule has 27 heavy (non-hydrogen) atoms. The molecule has 0 aliphatic carbocycles. The topological polar surface area (TPSA) is 89.2 Å². The van der Waals surface area contributed by atoms with Crippen molar-refractivity contribution in [3.05, 3.63) is 46.9 Å². The fourth-order valence-electron chi connectivity index (χ4n) is 3.61. The number of benzene rings is 1. The number of hydrogen-bond donors (Lipinski definition) is 1. The minimum absolute atomic E-state index is 0.107. The zero-order valence-electron chi connectivity index (χ0n) is 15.7. The van der Waals surface area contributed by atoms with Crippen molar-refractivity contribution in [3.8, 4) is 11.5 Å². The number of carbonyl (C=O) groups is 2. The molecule has 1 aromatic heterocycles. The first-order chi connectivity index (χ1) is 13.0. The molecule has 0 bridgehead atoms. The van der Waals surface area contributed by atoms with Crippen LogP contribution >= 0.6 is 0 Å². The van der Waals surface area contributed by atoms with E-state index in [4.69, 9.17) is 19.0 Å². The number of likely N-dealkylation sites (tertiary alicyclic amines) is 1. The number of carboxylic acid groups (broad SMARTS) is 1. The van der Waals surface area contributed by atoms with Crippen LogP contribution < -0.4 is 9.47 Å². The monoisotopic (exact) mass is 373 g/mol. The number of ether oxygens (including phenoxy) is 2. The lowest BCUT2D eigenvalue weighted by molar-refractivity contribution is -0.136. The summed E-state index contributed by atoms with van der Waals surface area (Å²) in [7, 11) is 3.15. The molecule has 0 radical (unpaired) electrons. The number of nitrogens with zero attached hydrogens (tertiary/aromatic N) is 1. The Hall–Kier alpha value is -2.96. The van der Waals surface area contributed by atoms with E-state index in [0.717, 1.165) is 18.4 Å². The molecule has 1 amide bonds. The van der Waals surface area contributed by atoms with Crippen molar-refractivity contribution in [1.29, 1.82) is 0 Å². The Morgan fingerprint density at radius 2 is 2.00 bits per heavy atom. The molecule has 3 rings (SSSR count). The van der Waals surface area contributed by atoms with Gasteiger partial charge in [0.1, 0.15) is 12.2 Å². The molecular weight excluding hydrogens is 350 g/mol. The number of carbonyl (C=O) groups excluding carboxylic acids is 1. The van der Waals surface area contributed by atoms with E-state index in [1.807, 2.05) is 18.2 Å². The average molecular weight is 373 g/mol. The fourth-order valence-corrected chi connectivity index (χ4v) is 3.61. The van der Waals surface area contributed by atoms with Crippen molar-refractivity contribution in [2.24, 2.45) is 0 Å². The Morgan fingerprint density at radius 1 is 1.26 bits per heavy atom. The number of methoxy groups -OCH3 is 2. The summed E-state index contributed by atoms with van der Waals surface area (Å²) in [5.41, 5.74) is 1.96. The number of aliphatic carboxylic acids is 1. The minimum atomic E-state index is -1.03. The Balaban J connectivity index is 1.92. The Labute approximate surface area is 157 Å². The van der Waals surface area contributed by atoms with Crippen molar-refractivity contribution in [3.63, 3.8) is 0 Å². The van der Waals surface area contributed by atoms with E-state index >= 15 is 0 Å². The van der Waals surface area contributed by atoms with Gasteiger partial charge in [0.2, 0.25) is 0 Å². The predicted octanol–water partition coefficient (Wildman–Crippen LogP) is 3.21. The summed E-state index contributed by atoms with van der Waals surface area (Å²) < 4.78 is 16.0. The third-order valence-corrected chi connectivity index (χ3v) is 4.88. The molecule has 1 aromatic carbocycles. The Kier molecular flexibility index (Phi) is 5.39. The first-order valence-corrected chi connectivity index (χ1v) is 8.78. The molecule has 0 saturated carbocycles. The summed E-state index contributed by atoms with van der Waals surface area (Å²) in [6, 6.07) is 5.53. The van der Waals surface area contributed by atoms with Crippen LogP contribution in [0.4, 0.5) is 0 Å². The quantitative estimate of drug-likeness (QED) is 0.836. The molecule has 2 aromatic rings. The highest BCUT2D eigenvalue weighted by atomic mass is 16.5. The second kappa shape index (κ2) is 7.73. The summed E-state index contributed by atoms with van der Waals surface area (Å²) in [5, 5.41) is 9.07. The maximum atomic E-state index is 13.2. The highest BCUT2D eigenvalue weighted by Crippen LogP contribution is 2.38. The molecule has 1 aliphatic heterocycles. The fraction of sp³-hybridized carbons (Fsp3) is 0.400. The van der Waals surface area contributed by atoms with E-state index in [1.165, 1.54) is 6.26 Å². The van der Waals surface area contributed by atoms with Gasteiger partial charge in [0.05, 0.1) is 32.1 Å².